The van der Waals surface area contributed by atoms with Gasteiger partial charge in [-0.2, -0.15) is 0 Å². The number of amides is 1. The number of nitrogens with zero attached hydrogens (tertiary/aromatic N) is 1. The van der Waals surface area contributed by atoms with Gasteiger partial charge < -0.3 is 16.0 Å². The minimum Gasteiger partial charge on any atom is -0.359 e. The van der Waals surface area contributed by atoms with E-state index in [-0.39, 0.29) is 5.91 Å². The normalized spacial score (nSPS) is 21.2. The molecule has 0 spiro atoms. The highest BCUT2D eigenvalue weighted by atomic mass is 16.1. The molecule has 0 aliphatic carbocycles. The first-order valence-electron chi connectivity index (χ1n) is 6.42. The lowest BCUT2D eigenvalue weighted by Gasteiger charge is -2.24. The van der Waals surface area contributed by atoms with Crippen molar-refractivity contribution >= 4 is 5.91 Å². The van der Waals surface area contributed by atoms with Crippen LogP contribution in [0.1, 0.15) is 38.5 Å². The third-order valence-corrected chi connectivity index (χ3v) is 3.37. The molecule has 94 valence electrons. The second kappa shape index (κ2) is 7.63. The zero-order valence-electron chi connectivity index (χ0n) is 10.4. The Bertz CT molecular complexity index is 208. The molecule has 0 saturated carbocycles. The molecule has 0 aromatic rings. The first kappa shape index (κ1) is 13.5. The Labute approximate surface area is 98.6 Å². The van der Waals surface area contributed by atoms with Crippen molar-refractivity contribution in [1.29, 1.82) is 0 Å². The molecule has 16 heavy (non-hydrogen) atoms. The highest BCUT2D eigenvalue weighted by Crippen LogP contribution is 2.21. The molecule has 0 radical (unpaired) electrons. The van der Waals surface area contributed by atoms with E-state index in [2.05, 4.69) is 10.2 Å². The first-order valence-corrected chi connectivity index (χ1v) is 6.42. The monoisotopic (exact) mass is 227 g/mol. The van der Waals surface area contributed by atoms with Crippen LogP contribution in [0, 0.1) is 0 Å². The van der Waals surface area contributed by atoms with E-state index in [4.69, 9.17) is 5.73 Å². The smallest absolute Gasteiger partial charge is 0.219 e. The molecule has 0 bridgehead atoms. The van der Waals surface area contributed by atoms with Crippen LogP contribution in [0.5, 0.6) is 0 Å². The first-order chi connectivity index (χ1) is 7.77. The number of carbonyl (C=O) groups excluding carboxylic acids is 1. The summed E-state index contributed by atoms with van der Waals surface area (Å²) in [5.41, 5.74) is 5.54. The molecule has 1 aliphatic rings. The molecule has 1 amide bonds. The van der Waals surface area contributed by atoms with Crippen LogP contribution in [-0.2, 0) is 4.79 Å². The van der Waals surface area contributed by atoms with Crippen LogP contribution in [0.25, 0.3) is 0 Å². The molecule has 1 atom stereocenters. The SMILES string of the molecule is CNC(=O)CCCN1CCCC1CCCN. The summed E-state index contributed by atoms with van der Waals surface area (Å²) in [5.74, 6) is 0.151. The van der Waals surface area contributed by atoms with Crippen molar-refractivity contribution in [1.82, 2.24) is 10.2 Å². The van der Waals surface area contributed by atoms with Gasteiger partial charge in [0.05, 0.1) is 0 Å². The minimum atomic E-state index is 0.151. The van der Waals surface area contributed by atoms with Gasteiger partial charge in [0.2, 0.25) is 5.91 Å². The van der Waals surface area contributed by atoms with Crippen molar-refractivity contribution in [3.05, 3.63) is 0 Å². The van der Waals surface area contributed by atoms with E-state index in [9.17, 15) is 4.79 Å². The van der Waals surface area contributed by atoms with E-state index in [1.807, 2.05) is 0 Å². The predicted molar refractivity (Wildman–Crippen MR) is 66.2 cm³/mol. The predicted octanol–water partition coefficient (Wildman–Crippen LogP) is 0.716. The lowest BCUT2D eigenvalue weighted by atomic mass is 10.1. The average Bonchev–Trinajstić information content (AvgIpc) is 2.73. The van der Waals surface area contributed by atoms with Gasteiger partial charge in [-0.25, -0.2) is 0 Å². The molecule has 0 aromatic carbocycles. The maximum atomic E-state index is 11.1. The van der Waals surface area contributed by atoms with Gasteiger partial charge in [-0.1, -0.05) is 0 Å². The molecule has 4 nitrogen and oxygen atoms in total. The highest BCUT2D eigenvalue weighted by molar-refractivity contribution is 5.75. The van der Waals surface area contributed by atoms with Gasteiger partial charge in [-0.3, -0.25) is 4.79 Å². The average molecular weight is 227 g/mol. The molecule has 1 fully saturated rings. The molecule has 1 saturated heterocycles. The standard InChI is InChI=1S/C12H25N3O/c1-14-12(16)7-4-10-15-9-3-6-11(15)5-2-8-13/h11H,2-10,13H2,1H3,(H,14,16). The fourth-order valence-electron chi connectivity index (χ4n) is 2.44. The van der Waals surface area contributed by atoms with Gasteiger partial charge in [-0.15, -0.1) is 0 Å². The Morgan fingerprint density at radius 2 is 2.31 bits per heavy atom. The quantitative estimate of drug-likeness (QED) is 0.673. The van der Waals surface area contributed by atoms with Crippen molar-refractivity contribution in [3.8, 4) is 0 Å². The van der Waals surface area contributed by atoms with Crippen molar-refractivity contribution in [2.24, 2.45) is 5.73 Å². The van der Waals surface area contributed by atoms with E-state index in [0.29, 0.717) is 12.5 Å². The molecule has 1 unspecified atom stereocenters. The summed E-state index contributed by atoms with van der Waals surface area (Å²) in [4.78, 5) is 13.6. The van der Waals surface area contributed by atoms with Crippen molar-refractivity contribution in [2.75, 3.05) is 26.7 Å². The second-order valence-corrected chi connectivity index (χ2v) is 4.54. The Balaban J connectivity index is 2.16. The molecule has 3 N–H and O–H groups in total. The van der Waals surface area contributed by atoms with E-state index in [1.54, 1.807) is 7.05 Å². The van der Waals surface area contributed by atoms with Crippen LogP contribution >= 0.6 is 0 Å². The largest absolute Gasteiger partial charge is 0.359 e. The summed E-state index contributed by atoms with van der Waals surface area (Å²) in [7, 11) is 1.70. The van der Waals surface area contributed by atoms with Gasteiger partial charge in [0, 0.05) is 19.5 Å². The fraction of sp³-hybridized carbons (Fsp3) is 0.917. The fourth-order valence-corrected chi connectivity index (χ4v) is 2.44. The van der Waals surface area contributed by atoms with Crippen LogP contribution in [0.4, 0.5) is 0 Å². The third-order valence-electron chi connectivity index (χ3n) is 3.37. The molecule has 4 heteroatoms. The van der Waals surface area contributed by atoms with Gasteiger partial charge in [0.1, 0.15) is 0 Å². The van der Waals surface area contributed by atoms with Crippen LogP contribution in [0.3, 0.4) is 0 Å². The number of hydrogen-bond donors (Lipinski definition) is 2. The molecule has 1 rings (SSSR count). The minimum absolute atomic E-state index is 0.151. The Kier molecular flexibility index (Phi) is 6.42. The topological polar surface area (TPSA) is 58.4 Å². The summed E-state index contributed by atoms with van der Waals surface area (Å²) in [6.07, 6.45) is 6.57. The van der Waals surface area contributed by atoms with Crippen molar-refractivity contribution in [3.63, 3.8) is 0 Å². The zero-order chi connectivity index (χ0) is 11.8. The molecule has 1 aliphatic heterocycles. The van der Waals surface area contributed by atoms with Crippen LogP contribution < -0.4 is 11.1 Å². The van der Waals surface area contributed by atoms with Gasteiger partial charge in [-0.05, 0) is 51.7 Å². The van der Waals surface area contributed by atoms with E-state index < -0.39 is 0 Å². The van der Waals surface area contributed by atoms with E-state index >= 15 is 0 Å². The summed E-state index contributed by atoms with van der Waals surface area (Å²) >= 11 is 0. The second-order valence-electron chi connectivity index (χ2n) is 4.54. The highest BCUT2D eigenvalue weighted by Gasteiger charge is 2.23. The number of rotatable bonds is 7. The summed E-state index contributed by atoms with van der Waals surface area (Å²) < 4.78 is 0. The van der Waals surface area contributed by atoms with Gasteiger partial charge in [0.25, 0.3) is 0 Å². The Hall–Kier alpha value is -0.610. The Morgan fingerprint density at radius 1 is 1.50 bits per heavy atom. The molecular formula is C12H25N3O. The van der Waals surface area contributed by atoms with Crippen molar-refractivity contribution in [2.45, 2.75) is 44.6 Å². The third kappa shape index (κ3) is 4.49. The van der Waals surface area contributed by atoms with E-state index in [0.717, 1.165) is 25.9 Å². The number of nitrogens with two attached hydrogens (primary N) is 1. The van der Waals surface area contributed by atoms with Crippen LogP contribution in [-0.4, -0.2) is 43.5 Å². The summed E-state index contributed by atoms with van der Waals surface area (Å²) in [5, 5.41) is 2.66. The van der Waals surface area contributed by atoms with Crippen LogP contribution in [0.2, 0.25) is 0 Å². The number of carbonyl (C=O) groups is 1. The van der Waals surface area contributed by atoms with Gasteiger partial charge in [0.15, 0.2) is 0 Å². The lowest BCUT2D eigenvalue weighted by Crippen LogP contribution is -2.31. The summed E-state index contributed by atoms with van der Waals surface area (Å²) in [6, 6.07) is 0.716. The number of hydrogen-bond acceptors (Lipinski definition) is 3. The molecular weight excluding hydrogens is 202 g/mol. The maximum absolute atomic E-state index is 11.1. The summed E-state index contributed by atoms with van der Waals surface area (Å²) in [6.45, 7) is 3.05. The van der Waals surface area contributed by atoms with E-state index in [1.165, 1.54) is 25.8 Å². The van der Waals surface area contributed by atoms with Crippen LogP contribution in [0.15, 0.2) is 0 Å². The van der Waals surface area contributed by atoms with Gasteiger partial charge >= 0.3 is 0 Å². The zero-order valence-corrected chi connectivity index (χ0v) is 10.4. The molecule has 0 aromatic heterocycles. The number of nitrogens with one attached hydrogen (secondary N) is 1. The molecule has 1 heterocycles. The number of likely N-dealkylation sites (tertiary alicyclic amines) is 1. The van der Waals surface area contributed by atoms with Crippen molar-refractivity contribution < 1.29 is 4.79 Å². The maximum Gasteiger partial charge on any atom is 0.219 e. The lowest BCUT2D eigenvalue weighted by molar-refractivity contribution is -0.120. The Morgan fingerprint density at radius 3 is 3.00 bits per heavy atom.